The summed E-state index contributed by atoms with van der Waals surface area (Å²) in [7, 11) is 1.74. The number of dihydropyridines is 1. The van der Waals surface area contributed by atoms with Crippen LogP contribution in [0.5, 0.6) is 0 Å². The molecule has 0 saturated heterocycles. The number of aliphatic imine (C=N–C) groups is 1. The molecule has 0 atom stereocenters. The normalized spacial score (nSPS) is 18.1. The molecule has 0 aromatic carbocycles. The zero-order valence-electron chi connectivity index (χ0n) is 11.4. The smallest absolute Gasteiger partial charge is 0.113 e. The molecule has 0 aromatic heterocycles. The first-order valence-electron chi connectivity index (χ1n) is 5.99. The molecule has 0 unspecified atom stereocenters. The molecule has 3 heteroatoms. The van der Waals surface area contributed by atoms with Crippen LogP contribution in [0, 0.1) is 0 Å². The van der Waals surface area contributed by atoms with E-state index in [0.717, 1.165) is 32.0 Å². The molecular formula is C13H23NSi2. The summed E-state index contributed by atoms with van der Waals surface area (Å²) in [5, 5.41) is 3.70. The lowest BCUT2D eigenvalue weighted by molar-refractivity contribution is 0.754. The van der Waals surface area contributed by atoms with E-state index in [1.54, 1.807) is 0 Å². The average molecular weight is 250 g/mol. The van der Waals surface area contributed by atoms with Crippen LogP contribution in [0.3, 0.4) is 0 Å². The van der Waals surface area contributed by atoms with Crippen LogP contribution in [0.4, 0.5) is 0 Å². The highest BCUT2D eigenvalue weighted by atomic mass is 28.2. The summed E-state index contributed by atoms with van der Waals surface area (Å²) in [4.78, 5) is 4.75. The molecule has 0 amide bonds. The van der Waals surface area contributed by atoms with Crippen molar-refractivity contribution in [2.75, 3.05) is 6.54 Å². The summed E-state index contributed by atoms with van der Waals surface area (Å²) in [6.07, 6.45) is 3.56. The highest BCUT2D eigenvalue weighted by Crippen LogP contribution is 2.28. The Morgan fingerprint density at radius 3 is 2.06 bits per heavy atom. The highest BCUT2D eigenvalue weighted by molar-refractivity contribution is 6.86. The van der Waals surface area contributed by atoms with E-state index in [-0.39, 0.29) is 0 Å². The van der Waals surface area contributed by atoms with Crippen molar-refractivity contribution in [2.24, 2.45) is 4.99 Å². The Bertz CT molecular complexity index is 271. The summed E-state index contributed by atoms with van der Waals surface area (Å²) in [6.45, 7) is 14.9. The lowest BCUT2D eigenvalue weighted by atomic mass is 10.2. The van der Waals surface area contributed by atoms with Crippen LogP contribution in [0.25, 0.3) is 0 Å². The SMILES string of the molecule is CC(C)(C)[Si]C1=CCCN=C1[Si]C(C)(C)C. The molecule has 88 valence electrons. The van der Waals surface area contributed by atoms with Gasteiger partial charge in [0.1, 0.15) is 9.52 Å². The Balaban J connectivity index is 2.75. The molecule has 1 aliphatic rings. The van der Waals surface area contributed by atoms with Crippen LogP contribution in [0.2, 0.25) is 10.1 Å². The van der Waals surface area contributed by atoms with Gasteiger partial charge in [-0.3, -0.25) is 4.99 Å². The molecule has 0 N–H and O–H groups in total. The van der Waals surface area contributed by atoms with Gasteiger partial charge in [0.2, 0.25) is 0 Å². The van der Waals surface area contributed by atoms with Gasteiger partial charge in [-0.2, -0.15) is 0 Å². The first-order valence-corrected chi connectivity index (χ1v) is 7.99. The first-order chi connectivity index (χ1) is 7.17. The molecule has 0 spiro atoms. The average Bonchev–Trinajstić information content (AvgIpc) is 2.03. The molecule has 0 aliphatic carbocycles. The summed E-state index contributed by atoms with van der Waals surface area (Å²) in [5.74, 6) is 0. The van der Waals surface area contributed by atoms with Crippen LogP contribution in [0.15, 0.2) is 16.3 Å². The van der Waals surface area contributed by atoms with Gasteiger partial charge < -0.3 is 0 Å². The van der Waals surface area contributed by atoms with Gasteiger partial charge in [0, 0.05) is 11.9 Å². The number of hydrogen-bond donors (Lipinski definition) is 0. The van der Waals surface area contributed by atoms with Gasteiger partial charge >= 0.3 is 0 Å². The zero-order valence-corrected chi connectivity index (χ0v) is 13.4. The molecular weight excluding hydrogens is 226 g/mol. The fourth-order valence-electron chi connectivity index (χ4n) is 1.54. The van der Waals surface area contributed by atoms with Crippen LogP contribution >= 0.6 is 0 Å². The van der Waals surface area contributed by atoms with Gasteiger partial charge in [0.15, 0.2) is 0 Å². The minimum absolute atomic E-state index is 0.373. The second-order valence-corrected chi connectivity index (χ2v) is 10.9. The van der Waals surface area contributed by atoms with E-state index in [9.17, 15) is 0 Å². The maximum absolute atomic E-state index is 4.75. The third kappa shape index (κ3) is 5.26. The minimum Gasteiger partial charge on any atom is -0.295 e. The first kappa shape index (κ1) is 13.9. The lowest BCUT2D eigenvalue weighted by Gasteiger charge is -2.26. The van der Waals surface area contributed by atoms with E-state index in [1.165, 1.54) is 10.5 Å². The van der Waals surface area contributed by atoms with Crippen molar-refractivity contribution in [1.82, 2.24) is 0 Å². The molecule has 0 fully saturated rings. The second kappa shape index (κ2) is 5.00. The van der Waals surface area contributed by atoms with Crippen LogP contribution in [0.1, 0.15) is 48.0 Å². The quantitative estimate of drug-likeness (QED) is 0.664. The predicted molar refractivity (Wildman–Crippen MR) is 75.9 cm³/mol. The summed E-state index contributed by atoms with van der Waals surface area (Å²) < 4.78 is 0. The molecule has 0 aromatic rings. The van der Waals surface area contributed by atoms with Crippen molar-refractivity contribution >= 4 is 24.4 Å². The Hall–Kier alpha value is -0.156. The van der Waals surface area contributed by atoms with Crippen molar-refractivity contribution in [3.8, 4) is 0 Å². The Kier molecular flexibility index (Phi) is 4.35. The third-order valence-corrected chi connectivity index (χ3v) is 5.13. The molecule has 1 nitrogen and oxygen atoms in total. The predicted octanol–water partition coefficient (Wildman–Crippen LogP) is 3.52. The maximum Gasteiger partial charge on any atom is 0.113 e. The van der Waals surface area contributed by atoms with Crippen molar-refractivity contribution in [3.05, 3.63) is 11.3 Å². The van der Waals surface area contributed by atoms with Gasteiger partial charge in [-0.05, 0) is 16.5 Å². The van der Waals surface area contributed by atoms with Crippen LogP contribution < -0.4 is 0 Å². The Morgan fingerprint density at radius 2 is 1.56 bits per heavy atom. The monoisotopic (exact) mass is 249 g/mol. The van der Waals surface area contributed by atoms with E-state index in [1.807, 2.05) is 0 Å². The van der Waals surface area contributed by atoms with Crippen molar-refractivity contribution in [1.29, 1.82) is 0 Å². The summed E-state index contributed by atoms with van der Waals surface area (Å²) in [5.41, 5.74) is 0. The van der Waals surface area contributed by atoms with Gasteiger partial charge in [-0.15, -0.1) is 0 Å². The largest absolute Gasteiger partial charge is 0.295 e. The van der Waals surface area contributed by atoms with Crippen molar-refractivity contribution in [3.63, 3.8) is 0 Å². The fourth-order valence-corrected chi connectivity index (χ4v) is 4.31. The molecule has 1 rings (SSSR count). The molecule has 4 radical (unpaired) electrons. The van der Waals surface area contributed by atoms with Gasteiger partial charge in [0.05, 0.1) is 9.52 Å². The molecule has 16 heavy (non-hydrogen) atoms. The van der Waals surface area contributed by atoms with Gasteiger partial charge in [-0.1, -0.05) is 52.8 Å². The van der Waals surface area contributed by atoms with Crippen molar-refractivity contribution < 1.29 is 0 Å². The number of hydrogen-bond acceptors (Lipinski definition) is 1. The maximum atomic E-state index is 4.75. The van der Waals surface area contributed by atoms with E-state index >= 15 is 0 Å². The minimum atomic E-state index is 0.373. The van der Waals surface area contributed by atoms with Crippen molar-refractivity contribution in [2.45, 2.75) is 58.0 Å². The van der Waals surface area contributed by atoms with E-state index in [2.05, 4.69) is 47.6 Å². The lowest BCUT2D eigenvalue weighted by Crippen LogP contribution is -2.28. The molecule has 1 heterocycles. The number of nitrogens with zero attached hydrogens (tertiary/aromatic N) is 1. The zero-order chi connectivity index (χ0) is 12.4. The molecule has 1 aliphatic heterocycles. The van der Waals surface area contributed by atoms with Gasteiger partial charge in [-0.25, -0.2) is 0 Å². The molecule has 0 bridgehead atoms. The van der Waals surface area contributed by atoms with Crippen LogP contribution in [-0.2, 0) is 0 Å². The van der Waals surface area contributed by atoms with E-state index in [4.69, 9.17) is 4.99 Å². The topological polar surface area (TPSA) is 12.4 Å². The number of rotatable bonds is 2. The Labute approximate surface area is 105 Å². The fraction of sp³-hybridized carbons (Fsp3) is 0.769. The molecule has 0 saturated carbocycles. The summed E-state index contributed by atoms with van der Waals surface area (Å²) in [6, 6.07) is 0. The van der Waals surface area contributed by atoms with Gasteiger partial charge in [0.25, 0.3) is 0 Å². The second-order valence-electron chi connectivity index (χ2n) is 6.39. The van der Waals surface area contributed by atoms with E-state index in [0.29, 0.717) is 10.1 Å². The van der Waals surface area contributed by atoms with E-state index < -0.39 is 0 Å². The standard InChI is InChI=1S/C13H23NSi2/c1-12(2,3)15-10-8-7-9-14-11(10)16-13(4,5)6/h8H,7,9H2,1-6H3. The summed E-state index contributed by atoms with van der Waals surface area (Å²) >= 11 is 0. The third-order valence-electron chi connectivity index (χ3n) is 2.01. The number of allylic oxidation sites excluding steroid dienone is 1. The Morgan fingerprint density at radius 1 is 1.00 bits per heavy atom. The van der Waals surface area contributed by atoms with Crippen LogP contribution in [-0.4, -0.2) is 30.9 Å². The highest BCUT2D eigenvalue weighted by Gasteiger charge is 2.24.